The van der Waals surface area contributed by atoms with Crippen molar-refractivity contribution in [2.24, 2.45) is 5.11 Å². The van der Waals surface area contributed by atoms with Gasteiger partial charge < -0.3 is 15.2 Å². The van der Waals surface area contributed by atoms with E-state index >= 15 is 0 Å². The summed E-state index contributed by atoms with van der Waals surface area (Å²) in [6.45, 7) is 0.154. The first kappa shape index (κ1) is 23.1. The summed E-state index contributed by atoms with van der Waals surface area (Å²) in [6, 6.07) is 2.56. The van der Waals surface area contributed by atoms with E-state index in [0.29, 0.717) is 6.92 Å². The van der Waals surface area contributed by atoms with E-state index in [4.69, 9.17) is 10.3 Å². The molecule has 1 atom stereocenters. The summed E-state index contributed by atoms with van der Waals surface area (Å²) >= 11 is 0. The quantitative estimate of drug-likeness (QED) is 0.413. The summed E-state index contributed by atoms with van der Waals surface area (Å²) in [5.74, 6) is -1.07. The summed E-state index contributed by atoms with van der Waals surface area (Å²) in [6.07, 6.45) is -5.36. The molecular weight excluding hydrogens is 420 g/mol. The molecule has 2 rings (SSSR count). The van der Waals surface area contributed by atoms with Gasteiger partial charge in [-0.15, -0.1) is 0 Å². The van der Waals surface area contributed by atoms with Crippen LogP contribution < -0.4 is 10.1 Å². The van der Waals surface area contributed by atoms with Gasteiger partial charge in [0.25, 0.3) is 6.43 Å². The monoisotopic (exact) mass is 435 g/mol. The molecule has 0 radical (unpaired) electrons. The highest BCUT2D eigenvalue weighted by molar-refractivity contribution is 5.49. The van der Waals surface area contributed by atoms with Gasteiger partial charge in [-0.3, -0.25) is 0 Å². The van der Waals surface area contributed by atoms with Crippen molar-refractivity contribution in [1.82, 2.24) is 9.97 Å². The summed E-state index contributed by atoms with van der Waals surface area (Å²) in [4.78, 5) is 7.11. The van der Waals surface area contributed by atoms with Crippen LogP contribution in [0.5, 0.6) is 6.01 Å². The number of rotatable bonds is 8. The van der Waals surface area contributed by atoms with Crippen LogP contribution in [-0.4, -0.2) is 27.9 Å². The Morgan fingerprint density at radius 3 is 2.47 bits per heavy atom. The highest BCUT2D eigenvalue weighted by Gasteiger charge is 2.51. The maximum atomic E-state index is 13.3. The molecule has 0 saturated carbocycles. The van der Waals surface area contributed by atoms with Crippen molar-refractivity contribution in [1.29, 1.82) is 5.53 Å². The minimum atomic E-state index is -4.94. The zero-order chi connectivity index (χ0) is 22.5. The third-order valence-electron chi connectivity index (χ3n) is 3.87. The molecule has 0 bridgehead atoms. The lowest BCUT2D eigenvalue weighted by Crippen LogP contribution is -2.39. The van der Waals surface area contributed by atoms with E-state index in [9.17, 15) is 31.4 Å². The summed E-state index contributed by atoms with van der Waals surface area (Å²) in [5.41, 5.74) is 2.56. The van der Waals surface area contributed by atoms with Crippen molar-refractivity contribution >= 4 is 5.69 Å². The Balaban J connectivity index is 2.03. The fourth-order valence-electron chi connectivity index (χ4n) is 2.02. The molecule has 1 heterocycles. The summed E-state index contributed by atoms with van der Waals surface area (Å²) in [5, 5.41) is 15.2. The zero-order valence-electron chi connectivity index (χ0n) is 15.2. The number of nitrogens with one attached hydrogen (secondary N) is 2. The number of benzene rings is 1. The van der Waals surface area contributed by atoms with E-state index in [1.807, 2.05) is 0 Å². The van der Waals surface area contributed by atoms with Crippen molar-refractivity contribution in [2.75, 3.05) is 11.9 Å². The number of hydrogen-bond donors (Lipinski definition) is 3. The fraction of sp³-hybridized carbons (Fsp3) is 0.294. The van der Waals surface area contributed by atoms with Crippen molar-refractivity contribution in [3.05, 3.63) is 59.4 Å². The van der Waals surface area contributed by atoms with Crippen molar-refractivity contribution in [3.63, 3.8) is 0 Å². The molecular formula is C17H15F6N5O2. The van der Waals surface area contributed by atoms with Crippen molar-refractivity contribution in [3.8, 4) is 6.01 Å². The van der Waals surface area contributed by atoms with E-state index in [1.54, 1.807) is 0 Å². The van der Waals surface area contributed by atoms with Gasteiger partial charge in [-0.05, 0) is 25.1 Å². The second-order valence-electron chi connectivity index (χ2n) is 6.04. The molecule has 0 spiro atoms. The molecule has 1 aromatic carbocycles. The predicted molar refractivity (Wildman–Crippen MR) is 91.4 cm³/mol. The molecule has 0 aliphatic heterocycles. The first-order chi connectivity index (χ1) is 14.0. The van der Waals surface area contributed by atoms with E-state index in [2.05, 4.69) is 20.4 Å². The van der Waals surface area contributed by atoms with Crippen LogP contribution >= 0.6 is 0 Å². The highest BCUT2D eigenvalue weighted by Crippen LogP contribution is 2.37. The third-order valence-corrected chi connectivity index (χ3v) is 3.87. The summed E-state index contributed by atoms with van der Waals surface area (Å²) in [7, 11) is 0. The SMILES string of the molecule is CC(O)(c1cnc(OC/C(=C/Nc2ccc(F)c(C(F)F)c2)N=N)nc1)C(F)(F)F. The summed E-state index contributed by atoms with van der Waals surface area (Å²) < 4.78 is 82.1. The number of alkyl halides is 5. The van der Waals surface area contributed by atoms with E-state index in [-0.39, 0.29) is 17.4 Å². The second kappa shape index (κ2) is 9.07. The van der Waals surface area contributed by atoms with Gasteiger partial charge in [-0.1, -0.05) is 0 Å². The van der Waals surface area contributed by atoms with Crippen LogP contribution in [0, 0.1) is 11.3 Å². The minimum absolute atomic E-state index is 0.0621. The van der Waals surface area contributed by atoms with Gasteiger partial charge in [0, 0.05) is 29.8 Å². The van der Waals surface area contributed by atoms with Gasteiger partial charge in [0.2, 0.25) is 0 Å². The van der Waals surface area contributed by atoms with Crippen LogP contribution in [0.3, 0.4) is 0 Å². The number of hydrogen-bond acceptors (Lipinski definition) is 7. The van der Waals surface area contributed by atoms with Gasteiger partial charge >= 0.3 is 12.2 Å². The number of nitrogens with zero attached hydrogens (tertiary/aromatic N) is 3. The number of anilines is 1. The average Bonchev–Trinajstić information content (AvgIpc) is 2.68. The lowest BCUT2D eigenvalue weighted by molar-refractivity contribution is -0.259. The van der Waals surface area contributed by atoms with E-state index in [1.165, 1.54) is 6.07 Å². The number of aliphatic hydroxyl groups is 1. The number of aromatic nitrogens is 2. The van der Waals surface area contributed by atoms with Crippen LogP contribution in [0.25, 0.3) is 0 Å². The van der Waals surface area contributed by atoms with Gasteiger partial charge in [-0.2, -0.15) is 18.3 Å². The Kier molecular flexibility index (Phi) is 6.97. The molecule has 1 unspecified atom stereocenters. The molecule has 30 heavy (non-hydrogen) atoms. The topological polar surface area (TPSA) is 103 Å². The molecule has 162 valence electrons. The van der Waals surface area contributed by atoms with Crippen LogP contribution in [0.15, 0.2) is 47.6 Å². The molecule has 0 aliphatic rings. The molecule has 0 saturated heterocycles. The van der Waals surface area contributed by atoms with Crippen LogP contribution in [-0.2, 0) is 5.60 Å². The normalized spacial score (nSPS) is 14.4. The molecule has 2 aromatic rings. The second-order valence-corrected chi connectivity index (χ2v) is 6.04. The lowest BCUT2D eigenvalue weighted by Gasteiger charge is -2.25. The Labute approximate surface area is 165 Å². The molecule has 0 aliphatic carbocycles. The Hall–Kier alpha value is -3.22. The van der Waals surface area contributed by atoms with Crippen LogP contribution in [0.2, 0.25) is 0 Å². The van der Waals surface area contributed by atoms with Crippen LogP contribution in [0.4, 0.5) is 32.0 Å². The average molecular weight is 435 g/mol. The van der Waals surface area contributed by atoms with E-state index in [0.717, 1.165) is 30.7 Å². The zero-order valence-corrected chi connectivity index (χ0v) is 15.2. The molecule has 7 nitrogen and oxygen atoms in total. The lowest BCUT2D eigenvalue weighted by atomic mass is 9.99. The number of halogens is 6. The molecule has 0 fully saturated rings. The third kappa shape index (κ3) is 5.43. The Morgan fingerprint density at radius 1 is 1.30 bits per heavy atom. The minimum Gasteiger partial charge on any atom is -0.457 e. The number of ether oxygens (including phenoxy) is 1. The predicted octanol–water partition coefficient (Wildman–Crippen LogP) is 4.69. The molecule has 0 amide bonds. The van der Waals surface area contributed by atoms with Gasteiger partial charge in [0.05, 0.1) is 5.56 Å². The van der Waals surface area contributed by atoms with Gasteiger partial charge in [-0.25, -0.2) is 28.7 Å². The first-order valence-corrected chi connectivity index (χ1v) is 8.10. The largest absolute Gasteiger partial charge is 0.457 e. The first-order valence-electron chi connectivity index (χ1n) is 8.10. The maximum Gasteiger partial charge on any atom is 0.421 e. The molecule has 13 heteroatoms. The van der Waals surface area contributed by atoms with Gasteiger partial charge in [0.15, 0.2) is 5.60 Å². The highest BCUT2D eigenvalue weighted by atomic mass is 19.4. The smallest absolute Gasteiger partial charge is 0.421 e. The molecule has 1 aromatic heterocycles. The van der Waals surface area contributed by atoms with Crippen molar-refractivity contribution in [2.45, 2.75) is 25.1 Å². The van der Waals surface area contributed by atoms with Crippen LogP contribution in [0.1, 0.15) is 24.5 Å². The maximum absolute atomic E-state index is 13.3. The van der Waals surface area contributed by atoms with E-state index < -0.39 is 41.8 Å². The van der Waals surface area contributed by atoms with Gasteiger partial charge in [0.1, 0.15) is 18.1 Å². The Bertz CT molecular complexity index is 916. The Morgan fingerprint density at radius 2 is 1.93 bits per heavy atom. The molecule has 3 N–H and O–H groups in total. The van der Waals surface area contributed by atoms with Crippen molar-refractivity contribution < 1.29 is 36.2 Å². The standard InChI is InChI=1S/C17H15F6N5O2/c1-16(29,17(21,22)23)9-5-26-15(27-6-9)30-8-11(28-24)7-25-10-2-3-13(18)12(4-10)14(19)20/h2-7,14,24-25,29H,8H2,1H3/b11-7-,28-24?. The fourth-order valence-corrected chi connectivity index (χ4v) is 2.02.